The first-order valence-electron chi connectivity index (χ1n) is 9.49. The summed E-state index contributed by atoms with van der Waals surface area (Å²) in [5.41, 5.74) is 0.363. The standard InChI is InChI=1S/C19H28FN3O4S/c1-4-14(2)23(17-8-9-28(26,27)13-17)19(25)12-22(3)11-18(24)21-16-7-5-6-15(20)10-16/h5-7,10,14,17H,4,8-9,11-13H2,1-3H3,(H,21,24)/p+1/t14-,17-/m1/s1. The molecule has 0 aromatic heterocycles. The SMILES string of the molecule is CC[C@@H](C)N(C(=O)C[NH+](C)CC(=O)Nc1cccc(F)c1)[C@@H]1CCS(=O)(=O)C1. The fourth-order valence-electron chi connectivity index (χ4n) is 3.46. The molecule has 0 spiro atoms. The summed E-state index contributed by atoms with van der Waals surface area (Å²) in [6.45, 7) is 3.99. The number of hydrogen-bond acceptors (Lipinski definition) is 4. The second-order valence-corrected chi connectivity index (χ2v) is 9.71. The first-order chi connectivity index (χ1) is 13.1. The molecule has 1 aromatic rings. The highest BCUT2D eigenvalue weighted by atomic mass is 32.2. The number of halogens is 1. The van der Waals surface area contributed by atoms with Gasteiger partial charge in [-0.3, -0.25) is 9.59 Å². The highest BCUT2D eigenvalue weighted by molar-refractivity contribution is 7.91. The molecule has 1 fully saturated rings. The summed E-state index contributed by atoms with van der Waals surface area (Å²) in [5, 5.41) is 2.61. The zero-order valence-electron chi connectivity index (χ0n) is 16.6. The van der Waals surface area contributed by atoms with Crippen molar-refractivity contribution in [3.8, 4) is 0 Å². The lowest BCUT2D eigenvalue weighted by Crippen LogP contribution is -3.11. The molecule has 2 amide bonds. The lowest BCUT2D eigenvalue weighted by molar-refractivity contribution is -0.862. The predicted molar refractivity (Wildman–Crippen MR) is 105 cm³/mol. The monoisotopic (exact) mass is 414 g/mol. The quantitative estimate of drug-likeness (QED) is 0.631. The summed E-state index contributed by atoms with van der Waals surface area (Å²) >= 11 is 0. The highest BCUT2D eigenvalue weighted by Crippen LogP contribution is 2.21. The molecule has 1 aliphatic heterocycles. The van der Waals surface area contributed by atoms with Crippen LogP contribution in [-0.2, 0) is 19.4 Å². The first kappa shape index (κ1) is 22.3. The van der Waals surface area contributed by atoms with Crippen LogP contribution in [0.1, 0.15) is 26.7 Å². The van der Waals surface area contributed by atoms with Gasteiger partial charge in [-0.25, -0.2) is 12.8 Å². The normalized spacial score (nSPS) is 20.4. The van der Waals surface area contributed by atoms with Gasteiger partial charge >= 0.3 is 0 Å². The number of likely N-dealkylation sites (N-methyl/N-ethyl adjacent to an activating group) is 1. The third kappa shape index (κ3) is 6.27. The molecular formula is C19H29FN3O4S+. The second-order valence-electron chi connectivity index (χ2n) is 7.48. The number of rotatable bonds is 8. The fourth-order valence-corrected chi connectivity index (χ4v) is 5.17. The predicted octanol–water partition coefficient (Wildman–Crippen LogP) is 0.0931. The van der Waals surface area contributed by atoms with Crippen molar-refractivity contribution in [1.82, 2.24) is 4.90 Å². The summed E-state index contributed by atoms with van der Waals surface area (Å²) in [4.78, 5) is 27.4. The summed E-state index contributed by atoms with van der Waals surface area (Å²) in [7, 11) is -1.37. The molecule has 1 aromatic carbocycles. The number of anilines is 1. The van der Waals surface area contributed by atoms with E-state index in [1.807, 2.05) is 13.8 Å². The molecule has 9 heteroatoms. The zero-order chi connectivity index (χ0) is 20.9. The largest absolute Gasteiger partial charge is 0.331 e. The van der Waals surface area contributed by atoms with Gasteiger partial charge in [0, 0.05) is 17.8 Å². The number of nitrogens with one attached hydrogen (secondary N) is 2. The zero-order valence-corrected chi connectivity index (χ0v) is 17.4. The summed E-state index contributed by atoms with van der Waals surface area (Å²) in [6.07, 6.45) is 1.18. The summed E-state index contributed by atoms with van der Waals surface area (Å²) in [5.74, 6) is -0.815. The van der Waals surface area contributed by atoms with Gasteiger partial charge in [0.1, 0.15) is 5.82 Å². The van der Waals surface area contributed by atoms with Gasteiger partial charge in [-0.05, 0) is 38.0 Å². The van der Waals surface area contributed by atoms with Crippen molar-refractivity contribution in [3.63, 3.8) is 0 Å². The average Bonchev–Trinajstić information content (AvgIpc) is 2.93. The van der Waals surface area contributed by atoms with E-state index in [0.29, 0.717) is 17.0 Å². The highest BCUT2D eigenvalue weighted by Gasteiger charge is 2.37. The van der Waals surface area contributed by atoms with Crippen LogP contribution in [0.3, 0.4) is 0 Å². The van der Waals surface area contributed by atoms with Gasteiger partial charge in [0.25, 0.3) is 11.8 Å². The topological polar surface area (TPSA) is 88.0 Å². The van der Waals surface area contributed by atoms with Gasteiger partial charge in [0.2, 0.25) is 0 Å². The molecule has 0 radical (unpaired) electrons. The van der Waals surface area contributed by atoms with E-state index in [2.05, 4.69) is 5.32 Å². The van der Waals surface area contributed by atoms with Crippen LogP contribution < -0.4 is 10.2 Å². The Morgan fingerprint density at radius 3 is 2.64 bits per heavy atom. The average molecular weight is 415 g/mol. The molecule has 2 rings (SSSR count). The van der Waals surface area contributed by atoms with Crippen LogP contribution in [0.5, 0.6) is 0 Å². The molecule has 1 saturated heterocycles. The van der Waals surface area contributed by atoms with Gasteiger partial charge in [-0.1, -0.05) is 13.0 Å². The number of benzene rings is 1. The molecule has 2 N–H and O–H groups in total. The van der Waals surface area contributed by atoms with E-state index >= 15 is 0 Å². The number of carbonyl (C=O) groups excluding carboxylic acids is 2. The maximum atomic E-state index is 13.2. The van der Waals surface area contributed by atoms with Crippen LogP contribution in [0.4, 0.5) is 10.1 Å². The van der Waals surface area contributed by atoms with E-state index in [4.69, 9.17) is 0 Å². The minimum Gasteiger partial charge on any atom is -0.331 e. The van der Waals surface area contributed by atoms with Crippen LogP contribution in [-0.4, -0.2) is 68.9 Å². The summed E-state index contributed by atoms with van der Waals surface area (Å²) < 4.78 is 36.8. The maximum Gasteiger partial charge on any atom is 0.279 e. The van der Waals surface area contributed by atoms with Crippen LogP contribution in [0, 0.1) is 5.82 Å². The Kier molecular flexibility index (Phi) is 7.54. The lowest BCUT2D eigenvalue weighted by Gasteiger charge is -2.34. The van der Waals surface area contributed by atoms with Crippen molar-refractivity contribution in [3.05, 3.63) is 30.1 Å². The van der Waals surface area contributed by atoms with Crippen molar-refractivity contribution in [2.75, 3.05) is 37.0 Å². The smallest absolute Gasteiger partial charge is 0.279 e. The van der Waals surface area contributed by atoms with E-state index in [9.17, 15) is 22.4 Å². The molecule has 0 bridgehead atoms. The molecule has 0 aliphatic carbocycles. The van der Waals surface area contributed by atoms with Crippen molar-refractivity contribution >= 4 is 27.3 Å². The Morgan fingerprint density at radius 2 is 2.07 bits per heavy atom. The van der Waals surface area contributed by atoms with Crippen LogP contribution in [0.2, 0.25) is 0 Å². The van der Waals surface area contributed by atoms with Gasteiger partial charge in [0.15, 0.2) is 22.9 Å². The van der Waals surface area contributed by atoms with Gasteiger partial charge in [-0.2, -0.15) is 0 Å². The van der Waals surface area contributed by atoms with Gasteiger partial charge in [-0.15, -0.1) is 0 Å². The molecule has 1 unspecified atom stereocenters. The Hall–Kier alpha value is -2.00. The van der Waals surface area contributed by atoms with Crippen LogP contribution >= 0.6 is 0 Å². The van der Waals surface area contributed by atoms with E-state index in [1.54, 1.807) is 18.0 Å². The minimum atomic E-state index is -3.10. The Bertz CT molecular complexity index is 815. The third-order valence-electron chi connectivity index (χ3n) is 4.98. The van der Waals surface area contributed by atoms with E-state index in [0.717, 1.165) is 6.42 Å². The third-order valence-corrected chi connectivity index (χ3v) is 6.73. The number of quaternary nitrogens is 1. The molecule has 0 saturated carbocycles. The number of hydrogen-bond donors (Lipinski definition) is 2. The second kappa shape index (κ2) is 9.47. The Morgan fingerprint density at radius 1 is 1.36 bits per heavy atom. The molecular weight excluding hydrogens is 385 g/mol. The molecule has 3 atom stereocenters. The van der Waals surface area contributed by atoms with Crippen molar-refractivity contribution in [2.45, 2.75) is 38.8 Å². The van der Waals surface area contributed by atoms with Gasteiger partial charge < -0.3 is 15.1 Å². The number of carbonyl (C=O) groups is 2. The lowest BCUT2D eigenvalue weighted by atomic mass is 10.1. The molecule has 7 nitrogen and oxygen atoms in total. The maximum absolute atomic E-state index is 13.2. The molecule has 156 valence electrons. The van der Waals surface area contributed by atoms with Crippen molar-refractivity contribution < 1.29 is 27.3 Å². The fraction of sp³-hybridized carbons (Fsp3) is 0.579. The molecule has 1 heterocycles. The van der Waals surface area contributed by atoms with E-state index in [1.165, 1.54) is 18.2 Å². The van der Waals surface area contributed by atoms with E-state index < -0.39 is 15.7 Å². The van der Waals surface area contributed by atoms with E-state index in [-0.39, 0.29) is 48.5 Å². The van der Waals surface area contributed by atoms with Crippen molar-refractivity contribution in [2.24, 2.45) is 0 Å². The first-order valence-corrected chi connectivity index (χ1v) is 11.3. The molecule has 1 aliphatic rings. The van der Waals surface area contributed by atoms with Crippen LogP contribution in [0.15, 0.2) is 24.3 Å². The molecule has 28 heavy (non-hydrogen) atoms. The van der Waals surface area contributed by atoms with Crippen LogP contribution in [0.25, 0.3) is 0 Å². The number of amides is 2. The van der Waals surface area contributed by atoms with Crippen molar-refractivity contribution in [1.29, 1.82) is 0 Å². The van der Waals surface area contributed by atoms with Gasteiger partial charge in [0.05, 0.1) is 18.6 Å². The number of nitrogens with zero attached hydrogens (tertiary/aromatic N) is 1. The Balaban J connectivity index is 1.95. The minimum absolute atomic E-state index is 0.00217. The Labute approximate surface area is 165 Å². The number of sulfone groups is 1. The summed E-state index contributed by atoms with van der Waals surface area (Å²) in [6, 6.07) is 5.24.